The number of Topliss-reactive ketones (excluding diaryl/α,β-unsaturated/α-hetero) is 1. The molecule has 0 bridgehead atoms. The van der Waals surface area contributed by atoms with Crippen molar-refractivity contribution in [3.05, 3.63) is 52.1 Å². The van der Waals surface area contributed by atoms with Crippen LogP contribution in [0.15, 0.2) is 18.2 Å². The largest absolute Gasteiger partial charge is 0.494 e. The summed E-state index contributed by atoms with van der Waals surface area (Å²) in [5.74, 6) is -2.24. The molecule has 2 rings (SSSR count). The number of benzene rings is 1. The van der Waals surface area contributed by atoms with Crippen LogP contribution in [0.5, 0.6) is 5.75 Å². The van der Waals surface area contributed by atoms with Gasteiger partial charge in [-0.05, 0) is 44.0 Å². The monoisotopic (exact) mass is 391 g/mol. The standard InChI is InChI=1S/C20H22FNO6/c1-10-17(20(25)27-5)11(2)22-18(10)19(24)12(3)28-16(23)9-13-6-7-15(26-4)14(21)8-13/h6-8,12,22H,9H2,1-5H3/t12-/m0/s1. The van der Waals surface area contributed by atoms with Crippen LogP contribution in [0.2, 0.25) is 0 Å². The average molecular weight is 391 g/mol. The van der Waals surface area contributed by atoms with Gasteiger partial charge in [-0.15, -0.1) is 0 Å². The molecule has 1 aromatic carbocycles. The minimum Gasteiger partial charge on any atom is -0.494 e. The number of carbonyl (C=O) groups excluding carboxylic acids is 3. The molecule has 8 heteroatoms. The number of ether oxygens (including phenoxy) is 3. The van der Waals surface area contributed by atoms with Crippen LogP contribution in [-0.4, -0.2) is 43.0 Å². The summed E-state index contributed by atoms with van der Waals surface area (Å²) in [6.45, 7) is 4.69. The van der Waals surface area contributed by atoms with Gasteiger partial charge in [0.15, 0.2) is 17.7 Å². The molecule has 1 N–H and O–H groups in total. The van der Waals surface area contributed by atoms with Crippen LogP contribution in [0.4, 0.5) is 4.39 Å². The number of hydrogen-bond acceptors (Lipinski definition) is 6. The fourth-order valence-corrected chi connectivity index (χ4v) is 2.89. The molecule has 0 saturated heterocycles. The van der Waals surface area contributed by atoms with Crippen molar-refractivity contribution >= 4 is 17.7 Å². The fourth-order valence-electron chi connectivity index (χ4n) is 2.89. The maximum Gasteiger partial charge on any atom is 0.339 e. The number of H-pyrrole nitrogens is 1. The van der Waals surface area contributed by atoms with Crippen LogP contribution in [-0.2, 0) is 20.7 Å². The molecule has 0 amide bonds. The van der Waals surface area contributed by atoms with E-state index < -0.39 is 29.6 Å². The molecular formula is C20H22FNO6. The smallest absolute Gasteiger partial charge is 0.339 e. The Labute approximate surface area is 161 Å². The Kier molecular flexibility index (Phi) is 6.56. The molecule has 7 nitrogen and oxygen atoms in total. The van der Waals surface area contributed by atoms with Crippen molar-refractivity contribution in [2.45, 2.75) is 33.3 Å². The van der Waals surface area contributed by atoms with Gasteiger partial charge in [-0.1, -0.05) is 6.07 Å². The lowest BCUT2D eigenvalue weighted by atomic mass is 10.1. The second kappa shape index (κ2) is 8.69. The number of methoxy groups -OCH3 is 2. The normalized spacial score (nSPS) is 11.6. The molecule has 0 aliphatic heterocycles. The van der Waals surface area contributed by atoms with E-state index in [-0.39, 0.29) is 23.4 Å². The number of aromatic nitrogens is 1. The third kappa shape index (κ3) is 4.39. The molecule has 1 aromatic heterocycles. The topological polar surface area (TPSA) is 94.7 Å². The van der Waals surface area contributed by atoms with Gasteiger partial charge in [-0.25, -0.2) is 9.18 Å². The van der Waals surface area contributed by atoms with Crippen LogP contribution in [0.3, 0.4) is 0 Å². The van der Waals surface area contributed by atoms with Crippen LogP contribution >= 0.6 is 0 Å². The fraction of sp³-hybridized carbons (Fsp3) is 0.350. The number of rotatable bonds is 7. The maximum absolute atomic E-state index is 13.7. The van der Waals surface area contributed by atoms with E-state index in [2.05, 4.69) is 4.98 Å². The number of nitrogens with one attached hydrogen (secondary N) is 1. The maximum atomic E-state index is 13.7. The highest BCUT2D eigenvalue weighted by atomic mass is 19.1. The Bertz CT molecular complexity index is 918. The molecule has 0 fully saturated rings. The van der Waals surface area contributed by atoms with Crippen molar-refractivity contribution in [3.63, 3.8) is 0 Å². The number of aromatic amines is 1. The van der Waals surface area contributed by atoms with E-state index in [0.717, 1.165) is 0 Å². The molecule has 1 heterocycles. The van der Waals surface area contributed by atoms with Crippen LogP contribution in [0, 0.1) is 19.7 Å². The average Bonchev–Trinajstić information content (AvgIpc) is 2.94. The first-order valence-electron chi connectivity index (χ1n) is 8.53. The summed E-state index contributed by atoms with van der Waals surface area (Å²) in [6.07, 6.45) is -1.29. The van der Waals surface area contributed by atoms with Crippen molar-refractivity contribution < 1.29 is 33.0 Å². The highest BCUT2D eigenvalue weighted by Crippen LogP contribution is 2.21. The minimum absolute atomic E-state index is 0.0691. The quantitative estimate of drug-likeness (QED) is 0.576. The molecule has 28 heavy (non-hydrogen) atoms. The van der Waals surface area contributed by atoms with Gasteiger partial charge in [0.05, 0.1) is 31.9 Å². The number of ketones is 1. The Hall–Kier alpha value is -3.16. The Morgan fingerprint density at radius 2 is 1.86 bits per heavy atom. The van der Waals surface area contributed by atoms with Crippen molar-refractivity contribution in [1.29, 1.82) is 0 Å². The van der Waals surface area contributed by atoms with Crippen LogP contribution < -0.4 is 4.74 Å². The van der Waals surface area contributed by atoms with Gasteiger partial charge in [-0.2, -0.15) is 0 Å². The van der Waals surface area contributed by atoms with E-state index in [1.165, 1.54) is 39.3 Å². The first-order valence-corrected chi connectivity index (χ1v) is 8.53. The zero-order chi connectivity index (χ0) is 21.0. The Morgan fingerprint density at radius 1 is 1.18 bits per heavy atom. The number of esters is 2. The first-order chi connectivity index (χ1) is 13.2. The third-order valence-electron chi connectivity index (χ3n) is 4.32. The van der Waals surface area contributed by atoms with E-state index in [4.69, 9.17) is 14.2 Å². The first kappa shape index (κ1) is 21.1. The van der Waals surface area contributed by atoms with Gasteiger partial charge in [-0.3, -0.25) is 9.59 Å². The zero-order valence-corrected chi connectivity index (χ0v) is 16.3. The Morgan fingerprint density at radius 3 is 2.43 bits per heavy atom. The van der Waals surface area contributed by atoms with Gasteiger partial charge in [0, 0.05) is 5.69 Å². The van der Waals surface area contributed by atoms with Crippen LogP contribution in [0.25, 0.3) is 0 Å². The second-order valence-corrected chi connectivity index (χ2v) is 6.26. The lowest BCUT2D eigenvalue weighted by Gasteiger charge is -2.12. The summed E-state index contributed by atoms with van der Waals surface area (Å²) in [6, 6.07) is 4.12. The summed E-state index contributed by atoms with van der Waals surface area (Å²) in [5.41, 5.74) is 1.75. The molecule has 150 valence electrons. The van der Waals surface area contributed by atoms with Gasteiger partial charge in [0.2, 0.25) is 5.78 Å². The molecule has 0 saturated carbocycles. The van der Waals surface area contributed by atoms with E-state index in [1.807, 2.05) is 0 Å². The number of halogens is 1. The number of aryl methyl sites for hydroxylation is 1. The summed E-state index contributed by atoms with van der Waals surface area (Å²) in [5, 5.41) is 0. The van der Waals surface area contributed by atoms with Gasteiger partial charge >= 0.3 is 11.9 Å². The molecule has 0 radical (unpaired) electrons. The zero-order valence-electron chi connectivity index (χ0n) is 16.3. The van der Waals surface area contributed by atoms with Crippen molar-refractivity contribution in [2.75, 3.05) is 14.2 Å². The third-order valence-corrected chi connectivity index (χ3v) is 4.32. The van der Waals surface area contributed by atoms with Crippen molar-refractivity contribution in [2.24, 2.45) is 0 Å². The van der Waals surface area contributed by atoms with Crippen molar-refractivity contribution in [3.8, 4) is 5.75 Å². The van der Waals surface area contributed by atoms with Gasteiger partial charge < -0.3 is 19.2 Å². The lowest BCUT2D eigenvalue weighted by Crippen LogP contribution is -2.26. The SMILES string of the molecule is COC(=O)c1c(C)[nH]c(C(=O)[C@H](C)OC(=O)Cc2ccc(OC)c(F)c2)c1C. The molecule has 0 spiro atoms. The highest BCUT2D eigenvalue weighted by Gasteiger charge is 2.27. The molecule has 0 aliphatic rings. The predicted molar refractivity (Wildman–Crippen MR) is 98.1 cm³/mol. The second-order valence-electron chi connectivity index (χ2n) is 6.26. The van der Waals surface area contributed by atoms with E-state index in [0.29, 0.717) is 16.8 Å². The van der Waals surface area contributed by atoms with Crippen molar-refractivity contribution in [1.82, 2.24) is 4.98 Å². The Balaban J connectivity index is 2.09. The number of hydrogen-bond donors (Lipinski definition) is 1. The summed E-state index contributed by atoms with van der Waals surface area (Å²) in [7, 11) is 2.59. The molecule has 1 atom stereocenters. The molecule has 0 unspecified atom stereocenters. The molecular weight excluding hydrogens is 369 g/mol. The van der Waals surface area contributed by atoms with Gasteiger partial charge in [0.25, 0.3) is 0 Å². The van der Waals surface area contributed by atoms with Gasteiger partial charge in [0.1, 0.15) is 0 Å². The van der Waals surface area contributed by atoms with Crippen LogP contribution in [0.1, 0.15) is 44.6 Å². The lowest BCUT2D eigenvalue weighted by molar-refractivity contribution is -0.145. The number of carbonyl (C=O) groups is 3. The predicted octanol–water partition coefficient (Wildman–Crippen LogP) is 2.92. The molecule has 2 aromatic rings. The summed E-state index contributed by atoms with van der Waals surface area (Å²) >= 11 is 0. The molecule has 0 aliphatic carbocycles. The highest BCUT2D eigenvalue weighted by molar-refractivity contribution is 6.04. The summed E-state index contributed by atoms with van der Waals surface area (Å²) in [4.78, 5) is 39.4. The van der Waals surface area contributed by atoms with E-state index in [9.17, 15) is 18.8 Å². The minimum atomic E-state index is -1.09. The van der Waals surface area contributed by atoms with E-state index >= 15 is 0 Å². The summed E-state index contributed by atoms with van der Waals surface area (Å²) < 4.78 is 28.4. The van der Waals surface area contributed by atoms with E-state index in [1.54, 1.807) is 13.8 Å².